The van der Waals surface area contributed by atoms with Gasteiger partial charge in [0.25, 0.3) is 0 Å². The van der Waals surface area contributed by atoms with E-state index in [4.69, 9.17) is 0 Å². The number of anilines is 1. The van der Waals surface area contributed by atoms with Gasteiger partial charge in [-0.25, -0.2) is 18.1 Å². The van der Waals surface area contributed by atoms with Crippen molar-refractivity contribution in [1.82, 2.24) is 14.8 Å². The summed E-state index contributed by atoms with van der Waals surface area (Å²) in [5, 5.41) is 9.17. The van der Waals surface area contributed by atoms with Gasteiger partial charge in [-0.15, -0.1) is 0 Å². The molecule has 0 bridgehead atoms. The fourth-order valence-electron chi connectivity index (χ4n) is 3.57. The van der Waals surface area contributed by atoms with E-state index in [1.165, 1.54) is 11.8 Å². The summed E-state index contributed by atoms with van der Waals surface area (Å²) in [6, 6.07) is 11.4. The number of fused-ring (bicyclic) bond motifs is 1. The zero-order valence-corrected chi connectivity index (χ0v) is 17.9. The van der Waals surface area contributed by atoms with E-state index in [0.29, 0.717) is 12.2 Å². The highest BCUT2D eigenvalue weighted by atomic mass is 32.2. The summed E-state index contributed by atoms with van der Waals surface area (Å²) < 4.78 is 25.2. The molecule has 3 aromatic rings. The van der Waals surface area contributed by atoms with Crippen LogP contribution in [0.5, 0.6) is 0 Å². The lowest BCUT2D eigenvalue weighted by molar-refractivity contribution is -0.113. The molecule has 1 N–H and O–H groups in total. The van der Waals surface area contributed by atoms with Crippen LogP contribution in [-0.2, 0) is 14.6 Å². The number of sulfone groups is 1. The van der Waals surface area contributed by atoms with Gasteiger partial charge in [0.2, 0.25) is 5.91 Å². The predicted octanol–water partition coefficient (Wildman–Crippen LogP) is 3.14. The molecule has 1 amide bonds. The molecule has 3 heterocycles. The number of pyridine rings is 1. The van der Waals surface area contributed by atoms with Gasteiger partial charge in [-0.3, -0.25) is 4.79 Å². The second-order valence-corrected chi connectivity index (χ2v) is 10.5. The summed E-state index contributed by atoms with van der Waals surface area (Å²) in [5.41, 5.74) is 2.77. The van der Waals surface area contributed by atoms with E-state index in [2.05, 4.69) is 15.4 Å². The Morgan fingerprint density at radius 2 is 2.07 bits per heavy atom. The van der Waals surface area contributed by atoms with Crippen LogP contribution in [-0.4, -0.2) is 46.3 Å². The molecule has 0 aliphatic carbocycles. The molecule has 1 unspecified atom stereocenters. The van der Waals surface area contributed by atoms with Crippen molar-refractivity contribution in [1.29, 1.82) is 0 Å². The quantitative estimate of drug-likeness (QED) is 0.625. The topological polar surface area (TPSA) is 94.0 Å². The first-order chi connectivity index (χ1) is 13.8. The van der Waals surface area contributed by atoms with Crippen LogP contribution in [0.1, 0.15) is 23.7 Å². The third kappa shape index (κ3) is 4.45. The minimum Gasteiger partial charge on any atom is -0.310 e. The number of nitrogens with zero attached hydrogens (tertiary/aromatic N) is 3. The van der Waals surface area contributed by atoms with Crippen molar-refractivity contribution in [2.75, 3.05) is 22.6 Å². The zero-order valence-electron chi connectivity index (χ0n) is 16.3. The Labute approximate surface area is 173 Å². The third-order valence-corrected chi connectivity index (χ3v) is 7.59. The molecule has 1 atom stereocenters. The number of para-hydroxylation sites is 1. The van der Waals surface area contributed by atoms with Crippen LogP contribution in [0, 0.1) is 13.8 Å². The van der Waals surface area contributed by atoms with Gasteiger partial charge in [0.15, 0.2) is 9.84 Å². The first kappa shape index (κ1) is 19.9. The number of rotatable bonds is 5. The van der Waals surface area contributed by atoms with E-state index in [1.807, 2.05) is 44.2 Å². The largest absolute Gasteiger partial charge is 0.310 e. The Bertz CT molecular complexity index is 1190. The lowest BCUT2D eigenvalue weighted by Crippen LogP contribution is -2.20. The maximum absolute atomic E-state index is 12.5. The van der Waals surface area contributed by atoms with Crippen molar-refractivity contribution in [2.45, 2.75) is 31.3 Å². The van der Waals surface area contributed by atoms with E-state index < -0.39 is 9.84 Å². The molecule has 9 heteroatoms. The molecular formula is C20H22N4O3S2. The molecule has 1 saturated heterocycles. The molecule has 1 aliphatic heterocycles. The van der Waals surface area contributed by atoms with Crippen LogP contribution >= 0.6 is 11.8 Å². The van der Waals surface area contributed by atoms with Crippen molar-refractivity contribution in [3.05, 3.63) is 47.7 Å². The molecule has 1 fully saturated rings. The molecule has 7 nitrogen and oxygen atoms in total. The van der Waals surface area contributed by atoms with Crippen LogP contribution in [0.2, 0.25) is 0 Å². The number of nitrogens with one attached hydrogen (secondary N) is 1. The molecule has 4 rings (SSSR count). The van der Waals surface area contributed by atoms with Crippen LogP contribution < -0.4 is 5.32 Å². The van der Waals surface area contributed by atoms with Gasteiger partial charge in [-0.05, 0) is 38.0 Å². The smallest absolute Gasteiger partial charge is 0.235 e. The van der Waals surface area contributed by atoms with Crippen molar-refractivity contribution in [3.63, 3.8) is 0 Å². The number of aryl methyl sites for hydroxylation is 2. The van der Waals surface area contributed by atoms with E-state index >= 15 is 0 Å². The molecule has 0 saturated carbocycles. The summed E-state index contributed by atoms with van der Waals surface area (Å²) in [6.07, 6.45) is 0.515. The standard InChI is InChI=1S/C20H22N4O3S2/c1-13-9-20(21-17-6-4-3-5-16(13)17)28-11-19(25)22-18-10-14(2)23-24(18)15-7-8-29(26,27)12-15/h3-6,9-10,15H,7-8,11-12H2,1-2H3,(H,22,25). The number of carbonyl (C=O) groups is 1. The van der Waals surface area contributed by atoms with Gasteiger partial charge >= 0.3 is 0 Å². The molecule has 29 heavy (non-hydrogen) atoms. The van der Waals surface area contributed by atoms with Gasteiger partial charge in [-0.2, -0.15) is 5.10 Å². The second-order valence-electron chi connectivity index (χ2n) is 7.30. The van der Waals surface area contributed by atoms with Crippen molar-refractivity contribution in [2.24, 2.45) is 0 Å². The molecule has 2 aromatic heterocycles. The minimum absolute atomic E-state index is 0.0615. The summed E-state index contributed by atoms with van der Waals surface area (Å²) in [5.74, 6) is 0.791. The highest BCUT2D eigenvalue weighted by Gasteiger charge is 2.31. The zero-order chi connectivity index (χ0) is 20.6. The fourth-order valence-corrected chi connectivity index (χ4v) is 6.03. The molecular weight excluding hydrogens is 408 g/mol. The average molecular weight is 431 g/mol. The SMILES string of the molecule is Cc1cc(NC(=O)CSc2cc(C)c3ccccc3n2)n(C2CCS(=O)(=O)C2)n1. The number of benzene rings is 1. The van der Waals surface area contributed by atoms with Gasteiger partial charge < -0.3 is 5.32 Å². The molecule has 0 radical (unpaired) electrons. The van der Waals surface area contributed by atoms with E-state index in [-0.39, 0.29) is 29.2 Å². The second kappa shape index (κ2) is 7.79. The van der Waals surface area contributed by atoms with Gasteiger partial charge in [0.05, 0.1) is 39.5 Å². The predicted molar refractivity (Wildman–Crippen MR) is 115 cm³/mol. The van der Waals surface area contributed by atoms with E-state index in [0.717, 1.165) is 27.2 Å². The lowest BCUT2D eigenvalue weighted by Gasteiger charge is -2.13. The summed E-state index contributed by atoms with van der Waals surface area (Å²) >= 11 is 1.37. The summed E-state index contributed by atoms with van der Waals surface area (Å²) in [4.78, 5) is 17.1. The van der Waals surface area contributed by atoms with Crippen LogP contribution in [0.3, 0.4) is 0 Å². The van der Waals surface area contributed by atoms with Crippen molar-refractivity contribution >= 4 is 44.2 Å². The monoisotopic (exact) mass is 430 g/mol. The Balaban J connectivity index is 1.44. The third-order valence-electron chi connectivity index (χ3n) is 4.93. The van der Waals surface area contributed by atoms with Gasteiger partial charge in [0.1, 0.15) is 5.82 Å². The fraction of sp³-hybridized carbons (Fsp3) is 0.350. The molecule has 152 valence electrons. The Kier molecular flexibility index (Phi) is 5.35. The maximum Gasteiger partial charge on any atom is 0.235 e. The summed E-state index contributed by atoms with van der Waals surface area (Å²) in [6.45, 7) is 3.86. The highest BCUT2D eigenvalue weighted by molar-refractivity contribution is 7.99. The first-order valence-corrected chi connectivity index (χ1v) is 12.2. The Morgan fingerprint density at radius 1 is 1.28 bits per heavy atom. The Morgan fingerprint density at radius 3 is 2.83 bits per heavy atom. The Hall–Kier alpha value is -2.39. The van der Waals surface area contributed by atoms with Gasteiger partial charge in [-0.1, -0.05) is 30.0 Å². The van der Waals surface area contributed by atoms with Crippen LogP contribution in [0.25, 0.3) is 10.9 Å². The minimum atomic E-state index is -3.03. The van der Waals surface area contributed by atoms with Gasteiger partial charge in [0, 0.05) is 11.5 Å². The number of carbonyl (C=O) groups excluding carboxylic acids is 1. The van der Waals surface area contributed by atoms with E-state index in [9.17, 15) is 13.2 Å². The number of hydrogen-bond acceptors (Lipinski definition) is 6. The lowest BCUT2D eigenvalue weighted by atomic mass is 10.1. The number of hydrogen-bond donors (Lipinski definition) is 1. The van der Waals surface area contributed by atoms with Crippen molar-refractivity contribution < 1.29 is 13.2 Å². The first-order valence-electron chi connectivity index (χ1n) is 9.36. The molecule has 0 spiro atoms. The number of thioether (sulfide) groups is 1. The van der Waals surface area contributed by atoms with Crippen LogP contribution in [0.15, 0.2) is 41.4 Å². The summed E-state index contributed by atoms with van der Waals surface area (Å²) in [7, 11) is -3.03. The van der Waals surface area contributed by atoms with E-state index in [1.54, 1.807) is 10.7 Å². The van der Waals surface area contributed by atoms with Crippen molar-refractivity contribution in [3.8, 4) is 0 Å². The molecule has 1 aromatic carbocycles. The maximum atomic E-state index is 12.5. The number of amides is 1. The van der Waals surface area contributed by atoms with Crippen LogP contribution in [0.4, 0.5) is 5.82 Å². The average Bonchev–Trinajstić information content (AvgIpc) is 3.21. The number of aromatic nitrogens is 3. The highest BCUT2D eigenvalue weighted by Crippen LogP contribution is 2.28. The normalized spacial score (nSPS) is 18.2. The molecule has 1 aliphatic rings.